The van der Waals surface area contributed by atoms with Crippen LogP contribution in [0.3, 0.4) is 0 Å². The number of aliphatic carboxylic acids is 1. The minimum Gasteiger partial charge on any atom is -0.481 e. The summed E-state index contributed by atoms with van der Waals surface area (Å²) in [5.41, 5.74) is 5.95. The van der Waals surface area contributed by atoms with Crippen LogP contribution >= 0.6 is 23.2 Å². The summed E-state index contributed by atoms with van der Waals surface area (Å²) in [4.78, 5) is 39.5. The van der Waals surface area contributed by atoms with Crippen LogP contribution in [0.1, 0.15) is 89.3 Å². The molecule has 0 radical (unpaired) electrons. The smallest absolute Gasteiger partial charge is 0.309 e. The van der Waals surface area contributed by atoms with Crippen LogP contribution in [-0.2, 0) is 37.8 Å². The number of halogens is 3. The Bertz CT molecular complexity index is 2210. The standard InChI is InChI=1S/C43H47Cl2FN6O4/c1-50-36-10-18-52(19-15-42-11-13-43(26-42,14-12-42)41(55)56)25-35(36)48-39(50)40(54)49-33-8-3-7-31(38(33)45)30-6-2-5-28(37(30)44)21-32(46)34-22-27-9-17-51(16-4-20-53)24-29(27)23-47-34/h2-3,5-8,21-23,53H,4,9-20,24-26H2,1H3,(H,49,54)(H,55,56). The van der Waals surface area contributed by atoms with Crippen LogP contribution in [-0.4, -0.2) is 79.2 Å². The highest BCUT2D eigenvalue weighted by Gasteiger charge is 2.57. The van der Waals surface area contributed by atoms with Gasteiger partial charge in [-0.25, -0.2) is 9.37 Å². The molecule has 2 fully saturated rings. The zero-order valence-corrected chi connectivity index (χ0v) is 33.1. The number of rotatable bonds is 12. The number of aliphatic hydroxyl groups is 1. The summed E-state index contributed by atoms with van der Waals surface area (Å²) >= 11 is 13.9. The molecule has 8 rings (SSSR count). The van der Waals surface area contributed by atoms with E-state index in [0.717, 1.165) is 113 Å². The van der Waals surface area contributed by atoms with Crippen molar-refractivity contribution in [3.8, 4) is 11.1 Å². The van der Waals surface area contributed by atoms with Crippen molar-refractivity contribution in [1.29, 1.82) is 0 Å². The number of benzene rings is 2. The van der Waals surface area contributed by atoms with Crippen LogP contribution in [0, 0.1) is 10.8 Å². The lowest BCUT2D eigenvalue weighted by Gasteiger charge is -2.32. The molecule has 0 spiro atoms. The second-order valence-electron chi connectivity index (χ2n) is 16.2. The quantitative estimate of drug-likeness (QED) is 0.132. The van der Waals surface area contributed by atoms with Gasteiger partial charge in [-0.05, 0) is 98.2 Å². The minimum absolute atomic E-state index is 0.130. The number of carboxylic acids is 1. The van der Waals surface area contributed by atoms with Crippen LogP contribution in [0.2, 0.25) is 10.0 Å². The molecule has 56 heavy (non-hydrogen) atoms. The summed E-state index contributed by atoms with van der Waals surface area (Å²) < 4.78 is 17.6. The number of hydrogen-bond donors (Lipinski definition) is 3. The fourth-order valence-corrected chi connectivity index (χ4v) is 10.1. The van der Waals surface area contributed by atoms with E-state index in [4.69, 9.17) is 28.2 Å². The normalized spacial score (nSPS) is 22.3. The highest BCUT2D eigenvalue weighted by Crippen LogP contribution is 2.63. The summed E-state index contributed by atoms with van der Waals surface area (Å²) in [5.74, 6) is -1.22. The zero-order valence-electron chi connectivity index (χ0n) is 31.6. The number of aliphatic hydroxyl groups excluding tert-OH is 1. The predicted octanol–water partition coefficient (Wildman–Crippen LogP) is 8.03. The molecule has 1 amide bonds. The summed E-state index contributed by atoms with van der Waals surface area (Å²) in [6.07, 6.45) is 10.7. The van der Waals surface area contributed by atoms with E-state index in [-0.39, 0.29) is 23.6 Å². The zero-order chi connectivity index (χ0) is 39.2. The van der Waals surface area contributed by atoms with Crippen molar-refractivity contribution >= 4 is 52.7 Å². The van der Waals surface area contributed by atoms with Crippen molar-refractivity contribution in [2.24, 2.45) is 17.9 Å². The number of fused-ring (bicyclic) bond motifs is 4. The molecule has 4 aromatic rings. The molecule has 3 N–H and O–H groups in total. The molecule has 2 aliphatic carbocycles. The number of carbonyl (C=O) groups excluding carboxylic acids is 1. The van der Waals surface area contributed by atoms with Gasteiger partial charge in [0.2, 0.25) is 0 Å². The summed E-state index contributed by atoms with van der Waals surface area (Å²) in [7, 11) is 1.86. The Hall–Kier alpha value is -4.13. The van der Waals surface area contributed by atoms with Crippen molar-refractivity contribution in [3.63, 3.8) is 0 Å². The van der Waals surface area contributed by atoms with Crippen LogP contribution in [0.15, 0.2) is 48.7 Å². The second kappa shape index (κ2) is 15.7. The SMILES string of the molecule is Cn1c(C(=O)Nc2cccc(-c3cccc(C=C(F)c4cc5c(cn4)CN(CCCO)CC5)c3Cl)c2Cl)nc2c1CCN(CCC13CCC(C(=O)O)(CC1)C3)C2. The van der Waals surface area contributed by atoms with Crippen molar-refractivity contribution in [1.82, 2.24) is 24.3 Å². The van der Waals surface area contributed by atoms with Gasteiger partial charge in [-0.2, -0.15) is 0 Å². The first-order valence-corrected chi connectivity index (χ1v) is 20.3. The van der Waals surface area contributed by atoms with Crippen LogP contribution in [0.4, 0.5) is 10.1 Å². The Kier molecular flexibility index (Phi) is 10.8. The van der Waals surface area contributed by atoms with Crippen molar-refractivity contribution in [3.05, 3.63) is 98.3 Å². The maximum atomic E-state index is 15.7. The van der Waals surface area contributed by atoms with Gasteiger partial charge in [-0.15, -0.1) is 0 Å². The lowest BCUT2D eigenvalue weighted by Crippen LogP contribution is -2.34. The van der Waals surface area contributed by atoms with Crippen LogP contribution in [0.5, 0.6) is 0 Å². The van der Waals surface area contributed by atoms with Crippen molar-refractivity contribution in [2.45, 2.75) is 70.9 Å². The third-order valence-corrected chi connectivity index (χ3v) is 13.7. The minimum atomic E-state index is -0.631. The van der Waals surface area contributed by atoms with Gasteiger partial charge in [0.1, 0.15) is 5.83 Å². The van der Waals surface area contributed by atoms with E-state index in [1.165, 1.54) is 6.08 Å². The Balaban J connectivity index is 0.944. The first-order valence-electron chi connectivity index (χ1n) is 19.6. The Morgan fingerprint density at radius 3 is 2.45 bits per heavy atom. The average Bonchev–Trinajstić information content (AvgIpc) is 3.88. The fraction of sp³-hybridized carbons (Fsp3) is 0.442. The average molecular weight is 802 g/mol. The van der Waals surface area contributed by atoms with Crippen LogP contribution in [0.25, 0.3) is 23.0 Å². The first kappa shape index (κ1) is 38.7. The molecule has 4 heterocycles. The van der Waals surface area contributed by atoms with Crippen molar-refractivity contribution < 1.29 is 24.2 Å². The van der Waals surface area contributed by atoms with E-state index >= 15 is 4.39 Å². The third kappa shape index (κ3) is 7.40. The van der Waals surface area contributed by atoms with Gasteiger partial charge < -0.3 is 20.1 Å². The maximum Gasteiger partial charge on any atom is 0.309 e. The molecule has 2 aliphatic heterocycles. The molecule has 13 heteroatoms. The van der Waals surface area contributed by atoms with E-state index in [1.807, 2.05) is 23.7 Å². The van der Waals surface area contributed by atoms with E-state index in [2.05, 4.69) is 20.1 Å². The molecule has 2 bridgehead atoms. The van der Waals surface area contributed by atoms with Crippen molar-refractivity contribution in [2.75, 3.05) is 38.1 Å². The molecule has 0 atom stereocenters. The number of nitrogens with zero attached hydrogens (tertiary/aromatic N) is 5. The van der Waals surface area contributed by atoms with E-state index < -0.39 is 17.2 Å². The largest absolute Gasteiger partial charge is 0.481 e. The maximum absolute atomic E-state index is 15.7. The molecular formula is C43H47Cl2FN6O4. The van der Waals surface area contributed by atoms with Gasteiger partial charge in [0.25, 0.3) is 5.91 Å². The predicted molar refractivity (Wildman–Crippen MR) is 216 cm³/mol. The topological polar surface area (TPSA) is 124 Å². The second-order valence-corrected chi connectivity index (χ2v) is 16.9. The number of carbonyl (C=O) groups is 2. The number of anilines is 1. The molecule has 294 valence electrons. The van der Waals surface area contributed by atoms with E-state index in [0.29, 0.717) is 44.8 Å². The van der Waals surface area contributed by atoms with E-state index in [1.54, 1.807) is 36.5 Å². The molecular weight excluding hydrogens is 754 g/mol. The van der Waals surface area contributed by atoms with Gasteiger partial charge >= 0.3 is 5.97 Å². The third-order valence-electron chi connectivity index (χ3n) is 12.8. The number of hydrogen-bond acceptors (Lipinski definition) is 7. The van der Waals surface area contributed by atoms with Gasteiger partial charge in [-0.1, -0.05) is 53.5 Å². The molecule has 2 aromatic carbocycles. The Morgan fingerprint density at radius 1 is 0.964 bits per heavy atom. The number of carboxylic acid groups (broad SMARTS) is 1. The summed E-state index contributed by atoms with van der Waals surface area (Å²) in [6, 6.07) is 12.5. The van der Waals surface area contributed by atoms with Gasteiger partial charge in [-0.3, -0.25) is 24.4 Å². The number of imidazole rings is 1. The van der Waals surface area contributed by atoms with E-state index in [9.17, 15) is 19.8 Å². The summed E-state index contributed by atoms with van der Waals surface area (Å²) in [6.45, 7) is 4.93. The number of nitrogens with one attached hydrogen (secondary N) is 1. The lowest BCUT2D eigenvalue weighted by atomic mass is 9.80. The van der Waals surface area contributed by atoms with Gasteiger partial charge in [0.15, 0.2) is 5.82 Å². The Morgan fingerprint density at radius 2 is 1.70 bits per heavy atom. The first-order chi connectivity index (χ1) is 27.0. The molecule has 0 saturated heterocycles. The molecule has 4 aliphatic rings. The number of pyridine rings is 1. The highest BCUT2D eigenvalue weighted by atomic mass is 35.5. The Labute approximate surface area is 336 Å². The summed E-state index contributed by atoms with van der Waals surface area (Å²) in [5, 5.41) is 22.6. The molecule has 0 unspecified atom stereocenters. The lowest BCUT2D eigenvalue weighted by molar-refractivity contribution is -0.148. The molecule has 2 saturated carbocycles. The number of aromatic nitrogens is 3. The fourth-order valence-electron chi connectivity index (χ4n) is 9.54. The van der Waals surface area contributed by atoms with Gasteiger partial charge in [0, 0.05) is 75.8 Å². The molecule has 2 aromatic heterocycles. The number of amides is 1. The van der Waals surface area contributed by atoms with Crippen LogP contribution < -0.4 is 5.32 Å². The highest BCUT2D eigenvalue weighted by molar-refractivity contribution is 6.39. The van der Waals surface area contributed by atoms with Gasteiger partial charge in [0.05, 0.1) is 32.5 Å². The molecule has 10 nitrogen and oxygen atoms in total. The monoisotopic (exact) mass is 800 g/mol.